The fourth-order valence-corrected chi connectivity index (χ4v) is 3.44. The molecule has 30 heavy (non-hydrogen) atoms. The molecule has 7 N–H and O–H groups in total. The lowest BCUT2D eigenvalue weighted by molar-refractivity contribution is -0.0486. The van der Waals surface area contributed by atoms with Gasteiger partial charge in [-0.3, -0.25) is 18.9 Å². The molecule has 0 bridgehead atoms. The Kier molecular flexibility index (Phi) is 6.12. The molecule has 3 rings (SSSR count). The van der Waals surface area contributed by atoms with Crippen LogP contribution >= 0.6 is 7.82 Å². The number of hydrogen-bond acceptors (Lipinski definition) is 9. The van der Waals surface area contributed by atoms with Crippen molar-refractivity contribution in [3.8, 4) is 0 Å². The van der Waals surface area contributed by atoms with Crippen LogP contribution in [0.15, 0.2) is 11.1 Å². The predicted molar refractivity (Wildman–Crippen MR) is 101 cm³/mol. The maximum absolute atomic E-state index is 12.0. The number of phosphoric acid groups is 1. The van der Waals surface area contributed by atoms with Gasteiger partial charge in [-0.15, -0.1) is 0 Å². The molecular weight excluding hydrogens is 425 g/mol. The summed E-state index contributed by atoms with van der Waals surface area (Å²) in [4.78, 5) is 53.3. The van der Waals surface area contributed by atoms with E-state index in [1.165, 1.54) is 29.9 Å². The van der Waals surface area contributed by atoms with E-state index in [9.17, 15) is 19.3 Å². The zero-order valence-electron chi connectivity index (χ0n) is 16.0. The molecule has 0 aliphatic carbocycles. The van der Waals surface area contributed by atoms with Crippen molar-refractivity contribution in [3.63, 3.8) is 0 Å². The molecule has 0 aromatic carbocycles. The highest BCUT2D eigenvalue weighted by atomic mass is 31.2. The Morgan fingerprint density at radius 3 is 2.83 bits per heavy atom. The van der Waals surface area contributed by atoms with Gasteiger partial charge in [-0.2, -0.15) is 4.98 Å². The number of nitrogens with one attached hydrogen (secondary N) is 2. The standard InChI is InChI=1S/C14H22N7O8P/c1-20(2)14(24)16-3-6-7(4-28-30(25,26)27)29-12(9(6)22)21-5-17-8-10(21)18-13(15)19-11(8)23/h5-7,9,12,22H,3-4H2,1-2H3,(H,16,24)(H2,25,26,27)(H3,15,18,19,23)/t6-,7-,9-,12-/m1/s1. The number of carbonyl (C=O) groups is 1. The van der Waals surface area contributed by atoms with Crippen LogP contribution in [-0.4, -0.2) is 84.8 Å². The number of nitrogens with two attached hydrogens (primary N) is 1. The first kappa shape index (κ1) is 22.1. The molecule has 15 nitrogen and oxygen atoms in total. The number of imidazole rings is 1. The highest BCUT2D eigenvalue weighted by Crippen LogP contribution is 2.40. The van der Waals surface area contributed by atoms with Crippen LogP contribution in [0.2, 0.25) is 0 Å². The summed E-state index contributed by atoms with van der Waals surface area (Å²) in [5.41, 5.74) is 5.01. The van der Waals surface area contributed by atoms with E-state index in [0.717, 1.165) is 0 Å². The van der Waals surface area contributed by atoms with Gasteiger partial charge in [0.1, 0.15) is 6.10 Å². The zero-order valence-corrected chi connectivity index (χ0v) is 16.9. The van der Waals surface area contributed by atoms with Gasteiger partial charge in [-0.05, 0) is 0 Å². The van der Waals surface area contributed by atoms with Gasteiger partial charge in [-0.1, -0.05) is 0 Å². The van der Waals surface area contributed by atoms with Gasteiger partial charge in [-0.25, -0.2) is 14.3 Å². The van der Waals surface area contributed by atoms with E-state index in [0.29, 0.717) is 0 Å². The number of urea groups is 1. The highest BCUT2D eigenvalue weighted by molar-refractivity contribution is 7.46. The Labute approximate surface area is 169 Å². The van der Waals surface area contributed by atoms with Crippen LogP contribution in [0.3, 0.4) is 0 Å². The van der Waals surface area contributed by atoms with Crippen molar-refractivity contribution < 1.29 is 33.5 Å². The van der Waals surface area contributed by atoms with Crippen molar-refractivity contribution in [1.82, 2.24) is 29.7 Å². The molecule has 1 aliphatic rings. The Hall–Kier alpha value is -2.55. The minimum Gasteiger partial charge on any atom is -0.388 e. The van der Waals surface area contributed by atoms with Gasteiger partial charge in [0.15, 0.2) is 17.4 Å². The van der Waals surface area contributed by atoms with Gasteiger partial charge in [0, 0.05) is 26.6 Å². The summed E-state index contributed by atoms with van der Waals surface area (Å²) >= 11 is 0. The molecular formula is C14H22N7O8P. The van der Waals surface area contributed by atoms with Gasteiger partial charge in [0.25, 0.3) is 5.56 Å². The van der Waals surface area contributed by atoms with Crippen molar-refractivity contribution in [2.45, 2.75) is 18.4 Å². The van der Waals surface area contributed by atoms with E-state index in [1.807, 2.05) is 0 Å². The van der Waals surface area contributed by atoms with Gasteiger partial charge in [0.05, 0.1) is 19.0 Å². The summed E-state index contributed by atoms with van der Waals surface area (Å²) in [6, 6.07) is -0.436. The van der Waals surface area contributed by atoms with Crippen molar-refractivity contribution in [1.29, 1.82) is 0 Å². The Bertz CT molecular complexity index is 1030. The van der Waals surface area contributed by atoms with Gasteiger partial charge in [0.2, 0.25) is 5.95 Å². The quantitative estimate of drug-likeness (QED) is 0.265. The number of H-pyrrole nitrogens is 1. The van der Waals surface area contributed by atoms with E-state index >= 15 is 0 Å². The van der Waals surface area contributed by atoms with Crippen LogP contribution in [0, 0.1) is 5.92 Å². The number of hydrogen-bond donors (Lipinski definition) is 6. The SMILES string of the molecule is CN(C)C(=O)NC[C@H]1[C@@H](O)[C@H](n2cnc3c(=O)[nH]c(N)nc32)O[C@@H]1COP(=O)(O)O. The maximum Gasteiger partial charge on any atom is 0.469 e. The molecule has 0 spiro atoms. The van der Waals surface area contributed by atoms with E-state index in [1.54, 1.807) is 0 Å². The fourth-order valence-electron chi connectivity index (χ4n) is 3.10. The van der Waals surface area contributed by atoms with Crippen molar-refractivity contribution >= 4 is 31.0 Å². The van der Waals surface area contributed by atoms with Crippen molar-refractivity contribution in [3.05, 3.63) is 16.7 Å². The topological polar surface area (TPSA) is 218 Å². The molecule has 1 aliphatic heterocycles. The molecule has 166 valence electrons. The summed E-state index contributed by atoms with van der Waals surface area (Å²) in [7, 11) is -1.75. The average Bonchev–Trinajstić information content (AvgIpc) is 3.18. The third kappa shape index (κ3) is 4.61. The number of aliphatic hydroxyl groups excluding tert-OH is 1. The van der Waals surface area contributed by atoms with Crippen molar-refractivity contribution in [2.24, 2.45) is 5.92 Å². The summed E-state index contributed by atoms with van der Waals surface area (Å²) in [6.07, 6.45) is -2.17. The number of phosphoric ester groups is 1. The number of carbonyl (C=O) groups excluding carboxylic acids is 1. The molecule has 4 atom stereocenters. The number of rotatable bonds is 6. The number of fused-ring (bicyclic) bond motifs is 1. The first-order valence-electron chi connectivity index (χ1n) is 8.69. The minimum atomic E-state index is -4.80. The summed E-state index contributed by atoms with van der Waals surface area (Å²) < 4.78 is 22.7. The number of aliphatic hydroxyl groups is 1. The largest absolute Gasteiger partial charge is 0.469 e. The van der Waals surface area contributed by atoms with Gasteiger partial charge >= 0.3 is 13.9 Å². The molecule has 2 aromatic heterocycles. The second-order valence-electron chi connectivity index (χ2n) is 6.86. The molecule has 3 heterocycles. The Morgan fingerprint density at radius 2 is 2.20 bits per heavy atom. The van der Waals surface area contributed by atoms with Crippen LogP contribution in [-0.2, 0) is 13.8 Å². The Morgan fingerprint density at radius 1 is 1.50 bits per heavy atom. The summed E-state index contributed by atoms with van der Waals surface area (Å²) in [5.74, 6) is -0.972. The molecule has 1 fully saturated rings. The lowest BCUT2D eigenvalue weighted by Gasteiger charge is -2.22. The lowest BCUT2D eigenvalue weighted by Crippen LogP contribution is -2.43. The van der Waals surface area contributed by atoms with Gasteiger partial charge < -0.3 is 35.6 Å². The van der Waals surface area contributed by atoms with Crippen LogP contribution in [0.4, 0.5) is 10.7 Å². The molecule has 0 radical (unpaired) electrons. The zero-order chi connectivity index (χ0) is 22.2. The smallest absolute Gasteiger partial charge is 0.388 e. The number of ether oxygens (including phenoxy) is 1. The second-order valence-corrected chi connectivity index (χ2v) is 8.10. The summed E-state index contributed by atoms with van der Waals surface area (Å²) in [6.45, 7) is -0.629. The molecule has 1 saturated heterocycles. The molecule has 2 aromatic rings. The van der Waals surface area contributed by atoms with E-state index in [2.05, 4.69) is 24.8 Å². The maximum atomic E-state index is 12.0. The van der Waals surface area contributed by atoms with Crippen molar-refractivity contribution in [2.75, 3.05) is 33.0 Å². The second kappa shape index (κ2) is 8.29. The first-order chi connectivity index (χ1) is 14.0. The highest BCUT2D eigenvalue weighted by Gasteiger charge is 2.46. The predicted octanol–water partition coefficient (Wildman–Crippen LogP) is -2.04. The van der Waals surface area contributed by atoms with E-state index in [4.69, 9.17) is 20.3 Å². The first-order valence-corrected chi connectivity index (χ1v) is 10.2. The van der Waals surface area contributed by atoms with E-state index < -0.39 is 50.4 Å². The summed E-state index contributed by atoms with van der Waals surface area (Å²) in [5, 5.41) is 13.4. The Balaban J connectivity index is 1.90. The minimum absolute atomic E-state index is 0.0348. The van der Waals surface area contributed by atoms with E-state index in [-0.39, 0.29) is 23.7 Å². The van der Waals surface area contributed by atoms with Crippen LogP contribution in [0.5, 0.6) is 0 Å². The van der Waals surface area contributed by atoms with Crippen LogP contribution in [0.1, 0.15) is 6.23 Å². The number of amides is 2. The number of aromatic amines is 1. The number of anilines is 1. The molecule has 0 saturated carbocycles. The normalized spacial score (nSPS) is 24.3. The monoisotopic (exact) mass is 447 g/mol. The molecule has 0 unspecified atom stereocenters. The molecule has 16 heteroatoms. The third-order valence-corrected chi connectivity index (χ3v) is 5.03. The number of nitrogen functional groups attached to an aromatic ring is 1. The average molecular weight is 447 g/mol. The van der Waals surface area contributed by atoms with Crippen LogP contribution in [0.25, 0.3) is 11.2 Å². The molecule has 2 amide bonds. The number of aromatic nitrogens is 4. The van der Waals surface area contributed by atoms with Crippen LogP contribution < -0.4 is 16.6 Å². The number of nitrogens with zero attached hydrogens (tertiary/aromatic N) is 4. The lowest BCUT2D eigenvalue weighted by atomic mass is 9.98. The third-order valence-electron chi connectivity index (χ3n) is 4.55. The fraction of sp³-hybridized carbons (Fsp3) is 0.571.